The molecule has 42 heavy (non-hydrogen) atoms. The molecule has 1 aliphatic heterocycles. The number of hydrogen-bond donors (Lipinski definition) is 2. The topological polar surface area (TPSA) is 109 Å². The van der Waals surface area contributed by atoms with E-state index in [1.54, 1.807) is 12.2 Å². The van der Waals surface area contributed by atoms with Crippen LogP contribution in [0.2, 0.25) is 0 Å². The number of esters is 1. The molecule has 4 rings (SSSR count). The second kappa shape index (κ2) is 16.0. The molecule has 2 aromatic carbocycles. The van der Waals surface area contributed by atoms with Crippen LogP contribution in [0.4, 0.5) is 17.2 Å². The summed E-state index contributed by atoms with van der Waals surface area (Å²) >= 11 is 3.50. The molecule has 0 aliphatic carbocycles. The van der Waals surface area contributed by atoms with Gasteiger partial charge in [0, 0.05) is 60.4 Å². The predicted molar refractivity (Wildman–Crippen MR) is 169 cm³/mol. The number of fused-ring (bicyclic) bond motifs is 1. The van der Waals surface area contributed by atoms with E-state index in [0.717, 1.165) is 54.7 Å². The van der Waals surface area contributed by atoms with Crippen molar-refractivity contribution in [3.8, 4) is 5.75 Å². The van der Waals surface area contributed by atoms with Crippen LogP contribution in [-0.2, 0) is 14.3 Å². The average molecular weight is 638 g/mol. The minimum Gasteiger partial charge on any atom is -0.491 e. The molecule has 1 fully saturated rings. The summed E-state index contributed by atoms with van der Waals surface area (Å²) in [6.07, 6.45) is 9.12. The molecule has 222 valence electrons. The number of aromatic nitrogens is 2. The number of rotatable bonds is 13. The number of nitrogens with one attached hydrogen (secondary N) is 2. The van der Waals surface area contributed by atoms with Crippen LogP contribution >= 0.6 is 15.9 Å². The molecule has 0 unspecified atom stereocenters. The van der Waals surface area contributed by atoms with Crippen molar-refractivity contribution in [2.24, 2.45) is 0 Å². The highest BCUT2D eigenvalue weighted by atomic mass is 79.9. The summed E-state index contributed by atoms with van der Waals surface area (Å²) in [6, 6.07) is 11.5. The van der Waals surface area contributed by atoms with Crippen molar-refractivity contribution < 1.29 is 19.1 Å². The molecule has 0 spiro atoms. The number of carbonyl (C=O) groups is 2. The Hall–Kier alpha value is -3.80. The molecule has 2 N–H and O–H groups in total. The Balaban J connectivity index is 1.43. The molecule has 10 nitrogen and oxygen atoms in total. The smallest absolute Gasteiger partial charge is 0.320 e. The molecule has 3 aromatic rings. The van der Waals surface area contributed by atoms with Gasteiger partial charge < -0.3 is 25.0 Å². The molecule has 0 atom stereocenters. The van der Waals surface area contributed by atoms with Crippen LogP contribution in [0.15, 0.2) is 71.5 Å². The Bertz CT molecular complexity index is 1420. The Morgan fingerprint density at radius 1 is 1.07 bits per heavy atom. The number of anilines is 3. The van der Waals surface area contributed by atoms with Crippen LogP contribution < -0.4 is 15.4 Å². The number of amides is 1. The van der Waals surface area contributed by atoms with Gasteiger partial charge in [-0.1, -0.05) is 40.2 Å². The molecule has 0 radical (unpaired) electrons. The van der Waals surface area contributed by atoms with Crippen molar-refractivity contribution in [2.45, 2.75) is 20.3 Å². The van der Waals surface area contributed by atoms with E-state index < -0.39 is 0 Å². The van der Waals surface area contributed by atoms with Gasteiger partial charge in [0.05, 0.1) is 31.0 Å². The minimum absolute atomic E-state index is 0.170. The summed E-state index contributed by atoms with van der Waals surface area (Å²) < 4.78 is 12.2. The zero-order valence-corrected chi connectivity index (χ0v) is 25.6. The van der Waals surface area contributed by atoms with E-state index >= 15 is 0 Å². The van der Waals surface area contributed by atoms with E-state index in [4.69, 9.17) is 9.47 Å². The van der Waals surface area contributed by atoms with E-state index in [0.29, 0.717) is 42.5 Å². The van der Waals surface area contributed by atoms with Crippen molar-refractivity contribution in [1.29, 1.82) is 0 Å². The monoisotopic (exact) mass is 636 g/mol. The van der Waals surface area contributed by atoms with E-state index in [-0.39, 0.29) is 11.9 Å². The van der Waals surface area contributed by atoms with Crippen molar-refractivity contribution in [1.82, 2.24) is 19.8 Å². The maximum atomic E-state index is 12.7. The number of nitrogens with zero attached hydrogens (tertiary/aromatic N) is 4. The molecule has 0 bridgehead atoms. The summed E-state index contributed by atoms with van der Waals surface area (Å²) in [5.41, 5.74) is 2.10. The van der Waals surface area contributed by atoms with Gasteiger partial charge in [0.1, 0.15) is 17.9 Å². The van der Waals surface area contributed by atoms with Gasteiger partial charge in [0.2, 0.25) is 5.91 Å². The fourth-order valence-electron chi connectivity index (χ4n) is 4.56. The first-order chi connectivity index (χ1) is 20.4. The number of halogens is 1. The fraction of sp³-hybridized carbons (Fsp3) is 0.355. The number of carbonyl (C=O) groups excluding carboxylic acids is 2. The first-order valence-electron chi connectivity index (χ1n) is 14.1. The molecule has 1 aromatic heterocycles. The summed E-state index contributed by atoms with van der Waals surface area (Å²) in [4.78, 5) is 37.8. The summed E-state index contributed by atoms with van der Waals surface area (Å²) in [5, 5.41) is 7.05. The van der Waals surface area contributed by atoms with E-state index in [1.165, 1.54) is 12.4 Å². The Labute approximate surface area is 254 Å². The fourth-order valence-corrected chi connectivity index (χ4v) is 4.96. The van der Waals surface area contributed by atoms with Crippen LogP contribution in [0.1, 0.15) is 20.3 Å². The number of hydrogen-bond acceptors (Lipinski definition) is 9. The number of allylic oxidation sites excluding steroid dienone is 3. The van der Waals surface area contributed by atoms with Gasteiger partial charge in [-0.3, -0.25) is 14.5 Å². The van der Waals surface area contributed by atoms with Crippen LogP contribution in [0, 0.1) is 0 Å². The third-order valence-electron chi connectivity index (χ3n) is 6.63. The van der Waals surface area contributed by atoms with Crippen LogP contribution in [0.5, 0.6) is 5.75 Å². The summed E-state index contributed by atoms with van der Waals surface area (Å²) in [7, 11) is 0. The largest absolute Gasteiger partial charge is 0.491 e. The third-order valence-corrected chi connectivity index (χ3v) is 7.13. The lowest BCUT2D eigenvalue weighted by atomic mass is 10.1. The maximum Gasteiger partial charge on any atom is 0.320 e. The van der Waals surface area contributed by atoms with E-state index in [9.17, 15) is 9.59 Å². The standard InChI is InChI=1S/C31H37BrN6O4/c1-3-5-6-11-29(39)36-27-19-25-26(33-22-34-31(25)35-24-10-7-9-23(32)18-24)20-28(27)42-17-8-12-37-13-15-38(16-14-37)21-30(40)41-4-2/h3,5-7,9-11,18-20,22H,4,8,12-17,21H2,1-2H3,(H,36,39)(H,33,34,35). The zero-order chi connectivity index (χ0) is 29.7. The molecular weight excluding hydrogens is 600 g/mol. The highest BCUT2D eigenvalue weighted by Gasteiger charge is 2.19. The molecular formula is C31H37BrN6O4. The van der Waals surface area contributed by atoms with Crippen molar-refractivity contribution in [3.05, 3.63) is 71.5 Å². The quantitative estimate of drug-likeness (QED) is 0.114. The SMILES string of the molecule is CC=CC=CC(=O)Nc1cc2c(Nc3cccc(Br)c3)ncnc2cc1OCCCN1CCN(CC(=O)OCC)CC1. The average Bonchev–Trinajstić information content (AvgIpc) is 2.97. The predicted octanol–water partition coefficient (Wildman–Crippen LogP) is 5.16. The van der Waals surface area contributed by atoms with Crippen molar-refractivity contribution >= 4 is 55.9 Å². The number of benzene rings is 2. The molecule has 1 amide bonds. The maximum absolute atomic E-state index is 12.7. The van der Waals surface area contributed by atoms with Gasteiger partial charge in [-0.2, -0.15) is 0 Å². The lowest BCUT2D eigenvalue weighted by Crippen LogP contribution is -2.48. The number of piperazine rings is 1. The Morgan fingerprint density at radius 2 is 1.88 bits per heavy atom. The zero-order valence-electron chi connectivity index (χ0n) is 24.0. The van der Waals surface area contributed by atoms with Gasteiger partial charge in [0.25, 0.3) is 0 Å². The highest BCUT2D eigenvalue weighted by molar-refractivity contribution is 9.10. The molecule has 1 aliphatic rings. The Kier molecular flexibility index (Phi) is 11.9. The first kappa shape index (κ1) is 31.1. The lowest BCUT2D eigenvalue weighted by molar-refractivity contribution is -0.144. The third kappa shape index (κ3) is 9.37. The van der Waals surface area contributed by atoms with E-state index in [2.05, 4.69) is 46.3 Å². The van der Waals surface area contributed by atoms with Gasteiger partial charge in [-0.25, -0.2) is 9.97 Å². The summed E-state index contributed by atoms with van der Waals surface area (Å²) in [6.45, 7) is 9.25. The van der Waals surface area contributed by atoms with Crippen LogP contribution in [0.3, 0.4) is 0 Å². The Morgan fingerprint density at radius 3 is 2.64 bits per heavy atom. The molecule has 11 heteroatoms. The van der Waals surface area contributed by atoms with Gasteiger partial charge in [0.15, 0.2) is 0 Å². The second-order valence-corrected chi connectivity index (χ2v) is 10.6. The molecule has 2 heterocycles. The minimum atomic E-state index is -0.267. The van der Waals surface area contributed by atoms with Gasteiger partial charge in [-0.05, 0) is 44.5 Å². The van der Waals surface area contributed by atoms with Gasteiger partial charge in [-0.15, -0.1) is 0 Å². The van der Waals surface area contributed by atoms with Crippen LogP contribution in [0.25, 0.3) is 10.9 Å². The molecule has 1 saturated heterocycles. The molecule has 0 saturated carbocycles. The first-order valence-corrected chi connectivity index (χ1v) is 14.9. The highest BCUT2D eigenvalue weighted by Crippen LogP contribution is 2.34. The lowest BCUT2D eigenvalue weighted by Gasteiger charge is -2.34. The van der Waals surface area contributed by atoms with E-state index in [1.807, 2.05) is 56.3 Å². The second-order valence-electron chi connectivity index (χ2n) is 9.72. The van der Waals surface area contributed by atoms with Gasteiger partial charge >= 0.3 is 5.97 Å². The summed E-state index contributed by atoms with van der Waals surface area (Å²) in [5.74, 6) is 0.723. The van der Waals surface area contributed by atoms with Crippen molar-refractivity contribution in [3.63, 3.8) is 0 Å². The normalized spacial score (nSPS) is 14.5. The number of ether oxygens (including phenoxy) is 2. The van der Waals surface area contributed by atoms with Crippen LogP contribution in [-0.4, -0.2) is 84.1 Å². The van der Waals surface area contributed by atoms with Crippen molar-refractivity contribution in [2.75, 3.05) is 63.1 Å².